The Morgan fingerprint density at radius 2 is 2.25 bits per heavy atom. The van der Waals surface area contributed by atoms with Crippen molar-refractivity contribution in [3.63, 3.8) is 0 Å². The van der Waals surface area contributed by atoms with Gasteiger partial charge in [-0.2, -0.15) is 0 Å². The standard InChI is InChI=1S/C11H13FN2O2/c12-8-4-5-11(14(15)16)9(7-8)10-3-1-2-6-13-10/h4-5,7,10,13H,1-3,6H2/t10-/m1/s1. The smallest absolute Gasteiger partial charge is 0.274 e. The molecule has 0 radical (unpaired) electrons. The van der Waals surface area contributed by atoms with Gasteiger partial charge in [-0.1, -0.05) is 6.42 Å². The molecule has 0 aromatic heterocycles. The number of nitro groups is 1. The summed E-state index contributed by atoms with van der Waals surface area (Å²) in [6.45, 7) is 0.832. The van der Waals surface area contributed by atoms with Crippen LogP contribution in [-0.2, 0) is 0 Å². The average Bonchev–Trinajstić information content (AvgIpc) is 2.29. The number of hydrogen-bond acceptors (Lipinski definition) is 3. The fourth-order valence-electron chi connectivity index (χ4n) is 2.09. The summed E-state index contributed by atoms with van der Waals surface area (Å²) in [5.41, 5.74) is 0.463. The van der Waals surface area contributed by atoms with Crippen LogP contribution in [-0.4, -0.2) is 11.5 Å². The molecule has 5 heteroatoms. The Bertz CT molecular complexity index is 403. The van der Waals surface area contributed by atoms with Gasteiger partial charge in [-0.05, 0) is 31.5 Å². The summed E-state index contributed by atoms with van der Waals surface area (Å²) >= 11 is 0. The lowest BCUT2D eigenvalue weighted by Gasteiger charge is -2.23. The zero-order chi connectivity index (χ0) is 11.5. The number of nitrogens with zero attached hydrogens (tertiary/aromatic N) is 1. The van der Waals surface area contributed by atoms with Crippen molar-refractivity contribution in [2.24, 2.45) is 0 Å². The summed E-state index contributed by atoms with van der Waals surface area (Å²) in [4.78, 5) is 10.4. The van der Waals surface area contributed by atoms with Gasteiger partial charge in [-0.3, -0.25) is 10.1 Å². The minimum absolute atomic E-state index is 0.000741. The second-order valence-electron chi connectivity index (χ2n) is 3.96. The van der Waals surface area contributed by atoms with Crippen LogP contribution in [0.1, 0.15) is 30.9 Å². The molecule has 1 fully saturated rings. The van der Waals surface area contributed by atoms with Gasteiger partial charge in [0.2, 0.25) is 0 Å². The van der Waals surface area contributed by atoms with Crippen LogP contribution in [0.15, 0.2) is 18.2 Å². The zero-order valence-electron chi connectivity index (χ0n) is 8.78. The second-order valence-corrected chi connectivity index (χ2v) is 3.96. The Morgan fingerprint density at radius 1 is 1.44 bits per heavy atom. The molecule has 0 saturated carbocycles. The van der Waals surface area contributed by atoms with Crippen molar-refractivity contribution in [1.82, 2.24) is 5.32 Å². The number of nitro benzene ring substituents is 1. The molecule has 2 rings (SSSR count). The molecule has 4 nitrogen and oxygen atoms in total. The molecule has 1 aliphatic rings. The predicted octanol–water partition coefficient (Wildman–Crippen LogP) is 2.55. The molecule has 1 atom stereocenters. The van der Waals surface area contributed by atoms with Crippen molar-refractivity contribution in [3.8, 4) is 0 Å². The maximum absolute atomic E-state index is 13.1. The first kappa shape index (κ1) is 11.0. The molecule has 86 valence electrons. The zero-order valence-corrected chi connectivity index (χ0v) is 8.78. The molecule has 1 aromatic carbocycles. The van der Waals surface area contributed by atoms with E-state index in [4.69, 9.17) is 0 Å². The molecule has 0 amide bonds. The second kappa shape index (κ2) is 4.57. The number of nitrogens with one attached hydrogen (secondary N) is 1. The van der Waals surface area contributed by atoms with E-state index in [9.17, 15) is 14.5 Å². The van der Waals surface area contributed by atoms with Crippen molar-refractivity contribution in [2.45, 2.75) is 25.3 Å². The number of benzene rings is 1. The van der Waals surface area contributed by atoms with Crippen molar-refractivity contribution < 1.29 is 9.31 Å². The van der Waals surface area contributed by atoms with E-state index in [0.717, 1.165) is 31.9 Å². The molecule has 1 heterocycles. The molecule has 1 aliphatic heterocycles. The van der Waals surface area contributed by atoms with Gasteiger partial charge in [0, 0.05) is 17.7 Å². The molecular formula is C11H13FN2O2. The molecule has 1 N–H and O–H groups in total. The number of piperidine rings is 1. The van der Waals surface area contributed by atoms with Crippen LogP contribution >= 0.6 is 0 Å². The quantitative estimate of drug-likeness (QED) is 0.620. The van der Waals surface area contributed by atoms with Gasteiger partial charge < -0.3 is 5.32 Å². The topological polar surface area (TPSA) is 55.2 Å². The van der Waals surface area contributed by atoms with Gasteiger partial charge in [0.05, 0.1) is 4.92 Å². The van der Waals surface area contributed by atoms with E-state index in [1.165, 1.54) is 12.1 Å². The summed E-state index contributed by atoms with van der Waals surface area (Å²) < 4.78 is 13.1. The van der Waals surface area contributed by atoms with E-state index in [0.29, 0.717) is 5.56 Å². The predicted molar refractivity (Wildman–Crippen MR) is 57.6 cm³/mol. The van der Waals surface area contributed by atoms with E-state index in [1.54, 1.807) is 0 Å². The van der Waals surface area contributed by atoms with Crippen LogP contribution < -0.4 is 5.32 Å². The molecule has 0 spiro atoms. The number of hydrogen-bond donors (Lipinski definition) is 1. The third-order valence-electron chi connectivity index (χ3n) is 2.87. The molecule has 0 unspecified atom stereocenters. The highest BCUT2D eigenvalue weighted by Crippen LogP contribution is 2.30. The van der Waals surface area contributed by atoms with Gasteiger partial charge in [0.15, 0.2) is 0 Å². The lowest BCUT2D eigenvalue weighted by Crippen LogP contribution is -2.27. The van der Waals surface area contributed by atoms with E-state index < -0.39 is 10.7 Å². The van der Waals surface area contributed by atoms with Crippen LogP contribution in [0.2, 0.25) is 0 Å². The van der Waals surface area contributed by atoms with Gasteiger partial charge in [0.25, 0.3) is 5.69 Å². The maximum atomic E-state index is 13.1. The summed E-state index contributed by atoms with van der Waals surface area (Å²) in [6, 6.07) is 3.54. The van der Waals surface area contributed by atoms with Gasteiger partial charge >= 0.3 is 0 Å². The third-order valence-corrected chi connectivity index (χ3v) is 2.87. The van der Waals surface area contributed by atoms with Gasteiger partial charge in [-0.25, -0.2) is 4.39 Å². The highest BCUT2D eigenvalue weighted by Gasteiger charge is 2.23. The molecule has 0 aliphatic carbocycles. The first-order valence-corrected chi connectivity index (χ1v) is 5.35. The van der Waals surface area contributed by atoms with Crippen molar-refractivity contribution >= 4 is 5.69 Å². The third kappa shape index (κ3) is 2.19. The highest BCUT2D eigenvalue weighted by molar-refractivity contribution is 5.42. The van der Waals surface area contributed by atoms with E-state index >= 15 is 0 Å². The van der Waals surface area contributed by atoms with Crippen molar-refractivity contribution in [3.05, 3.63) is 39.7 Å². The maximum Gasteiger partial charge on any atom is 0.274 e. The van der Waals surface area contributed by atoms with Crippen molar-refractivity contribution in [1.29, 1.82) is 0 Å². The van der Waals surface area contributed by atoms with E-state index in [1.807, 2.05) is 0 Å². The summed E-state index contributed by atoms with van der Waals surface area (Å²) in [5, 5.41) is 14.0. The van der Waals surface area contributed by atoms with Gasteiger partial charge in [0.1, 0.15) is 5.82 Å². The van der Waals surface area contributed by atoms with E-state index in [-0.39, 0.29) is 11.7 Å². The molecule has 0 bridgehead atoms. The summed E-state index contributed by atoms with van der Waals surface area (Å²) in [6.07, 6.45) is 2.91. The highest BCUT2D eigenvalue weighted by atomic mass is 19.1. The van der Waals surface area contributed by atoms with Crippen LogP contribution in [0, 0.1) is 15.9 Å². The minimum atomic E-state index is -0.453. The monoisotopic (exact) mass is 224 g/mol. The Morgan fingerprint density at radius 3 is 2.88 bits per heavy atom. The summed E-state index contributed by atoms with van der Waals surface area (Å²) in [5.74, 6) is -0.423. The normalized spacial score (nSPS) is 20.7. The first-order chi connectivity index (χ1) is 7.68. The van der Waals surface area contributed by atoms with Crippen LogP contribution in [0.5, 0.6) is 0 Å². The molecule has 16 heavy (non-hydrogen) atoms. The van der Waals surface area contributed by atoms with E-state index in [2.05, 4.69) is 5.32 Å². The Labute approximate surface area is 92.6 Å². The Hall–Kier alpha value is -1.49. The minimum Gasteiger partial charge on any atom is -0.310 e. The van der Waals surface area contributed by atoms with Crippen LogP contribution in [0.4, 0.5) is 10.1 Å². The van der Waals surface area contributed by atoms with Gasteiger partial charge in [-0.15, -0.1) is 0 Å². The number of halogens is 1. The fraction of sp³-hybridized carbons (Fsp3) is 0.455. The fourth-order valence-corrected chi connectivity index (χ4v) is 2.09. The Kier molecular flexibility index (Phi) is 3.14. The first-order valence-electron chi connectivity index (χ1n) is 5.35. The van der Waals surface area contributed by atoms with Crippen LogP contribution in [0.25, 0.3) is 0 Å². The molecule has 1 aromatic rings. The molecule has 1 saturated heterocycles. The largest absolute Gasteiger partial charge is 0.310 e. The number of rotatable bonds is 2. The SMILES string of the molecule is O=[N+]([O-])c1ccc(F)cc1[C@H]1CCCCN1. The average molecular weight is 224 g/mol. The Balaban J connectivity index is 2.36. The van der Waals surface area contributed by atoms with Crippen molar-refractivity contribution in [2.75, 3.05) is 6.54 Å². The lowest BCUT2D eigenvalue weighted by atomic mass is 9.96. The lowest BCUT2D eigenvalue weighted by molar-refractivity contribution is -0.385. The van der Waals surface area contributed by atoms with Crippen LogP contribution in [0.3, 0.4) is 0 Å². The summed E-state index contributed by atoms with van der Waals surface area (Å²) in [7, 11) is 0. The molecular weight excluding hydrogens is 211 g/mol.